The van der Waals surface area contributed by atoms with Crippen LogP contribution in [0.5, 0.6) is 0 Å². The molecule has 1 heterocycles. The number of amides is 1. The Bertz CT molecular complexity index is 516. The fourth-order valence-electron chi connectivity index (χ4n) is 2.38. The predicted molar refractivity (Wildman–Crippen MR) is 98.0 cm³/mol. The summed E-state index contributed by atoms with van der Waals surface area (Å²) in [7, 11) is 0. The van der Waals surface area contributed by atoms with Crippen LogP contribution in [0.15, 0.2) is 12.2 Å². The van der Waals surface area contributed by atoms with Crippen molar-refractivity contribution in [3.63, 3.8) is 0 Å². The van der Waals surface area contributed by atoms with E-state index in [0.717, 1.165) is 6.42 Å². The number of nitrogens with zero attached hydrogens (tertiary/aromatic N) is 1. The number of hydrazine groups is 1. The van der Waals surface area contributed by atoms with Crippen molar-refractivity contribution in [2.24, 2.45) is 11.1 Å². The first-order valence-electron chi connectivity index (χ1n) is 8.90. The third-order valence-electron chi connectivity index (χ3n) is 4.42. The molecule has 7 heteroatoms. The topological polar surface area (TPSA) is 109 Å². The first-order chi connectivity index (χ1) is 11.7. The lowest BCUT2D eigenvalue weighted by molar-refractivity contribution is -0.154. The van der Waals surface area contributed by atoms with Gasteiger partial charge in [-0.05, 0) is 37.7 Å². The van der Waals surface area contributed by atoms with Gasteiger partial charge in [-0.25, -0.2) is 5.43 Å². The molecule has 1 aliphatic heterocycles. The van der Waals surface area contributed by atoms with E-state index in [1.54, 1.807) is 12.2 Å². The van der Waals surface area contributed by atoms with E-state index in [1.807, 2.05) is 20.8 Å². The molecule has 1 fully saturated rings. The van der Waals surface area contributed by atoms with Crippen LogP contribution in [0.3, 0.4) is 0 Å². The highest BCUT2D eigenvalue weighted by molar-refractivity contribution is 5.96. The van der Waals surface area contributed by atoms with Crippen molar-refractivity contribution < 1.29 is 14.3 Å². The van der Waals surface area contributed by atoms with Gasteiger partial charge in [0, 0.05) is 18.7 Å². The molecule has 1 amide bonds. The third-order valence-corrected chi connectivity index (χ3v) is 4.42. The third kappa shape index (κ3) is 6.96. The summed E-state index contributed by atoms with van der Waals surface area (Å²) in [6, 6.07) is -1.34. The molecule has 0 aromatic carbocycles. The lowest BCUT2D eigenvalue weighted by atomic mass is 9.92. The van der Waals surface area contributed by atoms with Crippen LogP contribution in [0.25, 0.3) is 0 Å². The average molecular weight is 352 g/mol. The number of carbonyl (C=O) groups is 2. The molecule has 2 atom stereocenters. The molecule has 0 aromatic rings. The first-order valence-corrected chi connectivity index (χ1v) is 8.90. The summed E-state index contributed by atoms with van der Waals surface area (Å²) in [5.74, 6) is -0.644. The Morgan fingerprint density at radius 1 is 1.48 bits per heavy atom. The number of carbonyl (C=O) groups excluding carboxylic acids is 2. The second-order valence-electron chi connectivity index (χ2n) is 7.28. The van der Waals surface area contributed by atoms with Crippen LogP contribution in [0, 0.1) is 10.8 Å². The van der Waals surface area contributed by atoms with Gasteiger partial charge in [0.1, 0.15) is 6.04 Å². The van der Waals surface area contributed by atoms with E-state index in [0.29, 0.717) is 31.7 Å². The Hall–Kier alpha value is -1.73. The van der Waals surface area contributed by atoms with Crippen molar-refractivity contribution >= 4 is 17.6 Å². The molecule has 0 spiro atoms. The molecule has 0 radical (unpaired) electrons. The van der Waals surface area contributed by atoms with Crippen LogP contribution in [-0.4, -0.2) is 47.8 Å². The second-order valence-corrected chi connectivity index (χ2v) is 7.28. The second kappa shape index (κ2) is 9.68. The number of hydrogen-bond acceptors (Lipinski definition) is 6. The molecule has 7 nitrogen and oxygen atoms in total. The van der Waals surface area contributed by atoms with Gasteiger partial charge in [-0.3, -0.25) is 14.6 Å². The summed E-state index contributed by atoms with van der Waals surface area (Å²) < 4.78 is 5.41. The molecule has 1 saturated heterocycles. The molecule has 25 heavy (non-hydrogen) atoms. The van der Waals surface area contributed by atoms with Crippen LogP contribution in [-0.2, 0) is 14.3 Å². The van der Waals surface area contributed by atoms with Gasteiger partial charge in [-0.2, -0.15) is 0 Å². The van der Waals surface area contributed by atoms with E-state index < -0.39 is 12.1 Å². The van der Waals surface area contributed by atoms with Gasteiger partial charge in [0.25, 0.3) is 5.91 Å². The van der Waals surface area contributed by atoms with Gasteiger partial charge in [-0.1, -0.05) is 26.8 Å². The average Bonchev–Trinajstić information content (AvgIpc) is 2.59. The van der Waals surface area contributed by atoms with Gasteiger partial charge in [0.15, 0.2) is 0 Å². The molecule has 142 valence electrons. The maximum Gasteiger partial charge on any atom is 0.324 e. The van der Waals surface area contributed by atoms with Crippen LogP contribution in [0.1, 0.15) is 53.4 Å². The number of hydrogen-bond donors (Lipinski definition) is 3. The van der Waals surface area contributed by atoms with Crippen LogP contribution >= 0.6 is 0 Å². The van der Waals surface area contributed by atoms with Gasteiger partial charge >= 0.3 is 5.97 Å². The Morgan fingerprint density at radius 2 is 2.16 bits per heavy atom. The van der Waals surface area contributed by atoms with E-state index in [4.69, 9.17) is 15.9 Å². The normalized spacial score (nSPS) is 19.7. The fraction of sp³-hybridized carbons (Fsp3) is 0.722. The molecule has 1 unspecified atom stereocenters. The van der Waals surface area contributed by atoms with Crippen molar-refractivity contribution in [2.75, 3.05) is 13.2 Å². The maximum absolute atomic E-state index is 12.4. The van der Waals surface area contributed by atoms with Gasteiger partial charge in [0.05, 0.1) is 12.6 Å². The molecule has 4 N–H and O–H groups in total. The van der Waals surface area contributed by atoms with Crippen molar-refractivity contribution in [3.8, 4) is 0 Å². The Labute approximate surface area is 150 Å². The fourth-order valence-corrected chi connectivity index (χ4v) is 2.38. The highest BCUT2D eigenvalue weighted by Gasteiger charge is 2.32. The number of allylic oxidation sites excluding steroid dienone is 2. The Morgan fingerprint density at radius 3 is 2.76 bits per heavy atom. The maximum atomic E-state index is 12.4. The zero-order valence-corrected chi connectivity index (χ0v) is 15.8. The molecule has 0 aliphatic carbocycles. The van der Waals surface area contributed by atoms with Crippen molar-refractivity contribution in [1.82, 2.24) is 10.4 Å². The number of esters is 1. The summed E-state index contributed by atoms with van der Waals surface area (Å²) in [5.41, 5.74) is 9.09. The molecule has 0 saturated carbocycles. The summed E-state index contributed by atoms with van der Waals surface area (Å²) >= 11 is 0. The molecule has 1 aliphatic rings. The smallest absolute Gasteiger partial charge is 0.324 e. The lowest BCUT2D eigenvalue weighted by Crippen LogP contribution is -2.59. The van der Waals surface area contributed by atoms with E-state index in [2.05, 4.69) is 12.3 Å². The lowest BCUT2D eigenvalue weighted by Gasteiger charge is -2.34. The van der Waals surface area contributed by atoms with Gasteiger partial charge < -0.3 is 15.9 Å². The molecule has 1 rings (SSSR count). The quantitative estimate of drug-likeness (QED) is 0.456. The van der Waals surface area contributed by atoms with E-state index in [9.17, 15) is 9.59 Å². The minimum absolute atomic E-state index is 0.0602. The summed E-state index contributed by atoms with van der Waals surface area (Å²) in [6.07, 6.45) is 5.76. The van der Waals surface area contributed by atoms with Crippen molar-refractivity contribution in [1.29, 1.82) is 5.41 Å². The highest BCUT2D eigenvalue weighted by atomic mass is 16.5. The van der Waals surface area contributed by atoms with Gasteiger partial charge in [-0.15, -0.1) is 0 Å². The van der Waals surface area contributed by atoms with E-state index in [1.165, 1.54) is 5.01 Å². The number of ether oxygens (including phenoxy) is 1. The predicted octanol–water partition coefficient (Wildman–Crippen LogP) is 1.77. The molecular weight excluding hydrogens is 320 g/mol. The van der Waals surface area contributed by atoms with Crippen LogP contribution < -0.4 is 11.2 Å². The summed E-state index contributed by atoms with van der Waals surface area (Å²) in [5, 5.41) is 9.13. The minimum atomic E-state index is -0.801. The standard InChI is InChI=1S/C18H32N4O3/c1-5-8-13(19)11-14(20)16(23)22-10-7-9-15(21-22)17(24)25-12-18(3,4)6-2/h5,8,14-15,19,21H,6-7,9-12,20H2,1-4H3/b8-5-,19-13?/t14-,15?/m0/s1. The van der Waals surface area contributed by atoms with E-state index in [-0.39, 0.29) is 23.7 Å². The highest BCUT2D eigenvalue weighted by Crippen LogP contribution is 2.20. The monoisotopic (exact) mass is 352 g/mol. The molecule has 0 aromatic heterocycles. The minimum Gasteiger partial charge on any atom is -0.464 e. The summed E-state index contributed by atoms with van der Waals surface area (Å²) in [4.78, 5) is 24.7. The number of nitrogens with two attached hydrogens (primary N) is 1. The van der Waals surface area contributed by atoms with Crippen molar-refractivity contribution in [3.05, 3.63) is 12.2 Å². The van der Waals surface area contributed by atoms with Crippen molar-refractivity contribution in [2.45, 2.75) is 65.5 Å². The zero-order valence-electron chi connectivity index (χ0n) is 15.8. The Balaban J connectivity index is 2.57. The first kappa shape index (κ1) is 21.3. The van der Waals surface area contributed by atoms with Crippen LogP contribution in [0.4, 0.5) is 0 Å². The van der Waals surface area contributed by atoms with Gasteiger partial charge in [0.2, 0.25) is 0 Å². The number of nitrogens with one attached hydrogen (secondary N) is 2. The van der Waals surface area contributed by atoms with E-state index >= 15 is 0 Å². The van der Waals surface area contributed by atoms with Crippen LogP contribution in [0.2, 0.25) is 0 Å². The number of rotatable bonds is 8. The molecule has 0 bridgehead atoms. The SMILES string of the molecule is C/C=C\C(=N)C[C@H](N)C(=O)N1CCCC(C(=O)OCC(C)(C)CC)N1. The Kier molecular flexibility index (Phi) is 8.25. The summed E-state index contributed by atoms with van der Waals surface area (Å²) in [6.45, 7) is 8.80. The largest absolute Gasteiger partial charge is 0.464 e. The molecular formula is C18H32N4O3. The zero-order chi connectivity index (χ0) is 19.0.